The molecule has 27 heavy (non-hydrogen) atoms. The van der Waals surface area contributed by atoms with E-state index >= 15 is 0 Å². The van der Waals surface area contributed by atoms with Crippen LogP contribution in [0.3, 0.4) is 0 Å². The van der Waals surface area contributed by atoms with Crippen LogP contribution in [-0.4, -0.2) is 28.9 Å². The van der Waals surface area contributed by atoms with Gasteiger partial charge in [-0.15, -0.1) is 0 Å². The molecule has 0 aliphatic carbocycles. The van der Waals surface area contributed by atoms with Gasteiger partial charge in [-0.2, -0.15) is 5.10 Å². The van der Waals surface area contributed by atoms with E-state index in [4.69, 9.17) is 9.47 Å². The number of rotatable bonds is 6. The van der Waals surface area contributed by atoms with Crippen LogP contribution in [0, 0.1) is 19.8 Å². The summed E-state index contributed by atoms with van der Waals surface area (Å²) in [5, 5.41) is 7.68. The average molecular weight is 371 g/mol. The monoisotopic (exact) mass is 371 g/mol. The van der Waals surface area contributed by atoms with E-state index in [0.717, 1.165) is 40.6 Å². The minimum atomic E-state index is -0.111. The molecule has 3 rings (SSSR count). The Balaban J connectivity index is 1.66. The van der Waals surface area contributed by atoms with Gasteiger partial charge in [-0.1, -0.05) is 19.9 Å². The van der Waals surface area contributed by atoms with Crippen molar-refractivity contribution >= 4 is 5.91 Å². The Morgan fingerprint density at radius 3 is 2.59 bits per heavy atom. The summed E-state index contributed by atoms with van der Waals surface area (Å²) in [6, 6.07) is 5.70. The summed E-state index contributed by atoms with van der Waals surface area (Å²) >= 11 is 0. The second kappa shape index (κ2) is 8.03. The first-order chi connectivity index (χ1) is 12.8. The molecule has 1 aliphatic rings. The van der Waals surface area contributed by atoms with Crippen LogP contribution in [0.1, 0.15) is 49.3 Å². The minimum absolute atomic E-state index is 0.00677. The lowest BCUT2D eigenvalue weighted by Crippen LogP contribution is -2.28. The summed E-state index contributed by atoms with van der Waals surface area (Å²) in [5.74, 6) is 2.00. The molecular formula is C21H29N3O3. The predicted molar refractivity (Wildman–Crippen MR) is 104 cm³/mol. The largest absolute Gasteiger partial charge is 0.486 e. The van der Waals surface area contributed by atoms with Gasteiger partial charge in [0.05, 0.1) is 18.2 Å². The number of ether oxygens (including phenoxy) is 2. The van der Waals surface area contributed by atoms with Gasteiger partial charge in [0.1, 0.15) is 13.2 Å². The Morgan fingerprint density at radius 1 is 1.19 bits per heavy atom. The first-order valence-electron chi connectivity index (χ1n) is 9.57. The summed E-state index contributed by atoms with van der Waals surface area (Å²) < 4.78 is 13.2. The van der Waals surface area contributed by atoms with Crippen LogP contribution >= 0.6 is 0 Å². The molecule has 1 N–H and O–H groups in total. The second-order valence-electron chi connectivity index (χ2n) is 7.59. The van der Waals surface area contributed by atoms with Gasteiger partial charge >= 0.3 is 0 Å². The zero-order valence-electron chi connectivity index (χ0n) is 16.8. The summed E-state index contributed by atoms with van der Waals surface area (Å²) in [6.07, 6.45) is 0.338. The molecule has 2 heterocycles. The SMILES string of the molecule is Cc1nn(CC(C)C)c(C)c1CC(=O)NC(C)c1ccc2c(c1)OCCO2. The van der Waals surface area contributed by atoms with Crippen molar-refractivity contribution in [1.29, 1.82) is 0 Å². The van der Waals surface area contributed by atoms with E-state index in [1.807, 2.05) is 43.7 Å². The molecule has 1 amide bonds. The highest BCUT2D eigenvalue weighted by Crippen LogP contribution is 2.32. The first-order valence-corrected chi connectivity index (χ1v) is 9.57. The number of carbonyl (C=O) groups excluding carboxylic acids is 1. The lowest BCUT2D eigenvalue weighted by molar-refractivity contribution is -0.121. The molecule has 0 bridgehead atoms. The Morgan fingerprint density at radius 2 is 1.89 bits per heavy atom. The molecular weight excluding hydrogens is 342 g/mol. The molecule has 2 aromatic rings. The second-order valence-corrected chi connectivity index (χ2v) is 7.59. The number of fused-ring (bicyclic) bond motifs is 1. The lowest BCUT2D eigenvalue weighted by Gasteiger charge is -2.21. The molecule has 1 atom stereocenters. The zero-order chi connectivity index (χ0) is 19.6. The highest BCUT2D eigenvalue weighted by molar-refractivity contribution is 5.79. The number of aromatic nitrogens is 2. The van der Waals surface area contributed by atoms with Gasteiger partial charge in [-0.25, -0.2) is 0 Å². The van der Waals surface area contributed by atoms with Crippen LogP contribution in [0.25, 0.3) is 0 Å². The molecule has 1 unspecified atom stereocenters. The van der Waals surface area contributed by atoms with Crippen LogP contribution in [0.15, 0.2) is 18.2 Å². The maximum atomic E-state index is 12.6. The summed E-state index contributed by atoms with van der Waals surface area (Å²) in [6.45, 7) is 12.3. The topological polar surface area (TPSA) is 65.4 Å². The molecule has 1 aromatic carbocycles. The predicted octanol–water partition coefficient (Wildman–Crippen LogP) is 3.35. The fourth-order valence-corrected chi connectivity index (χ4v) is 3.38. The summed E-state index contributed by atoms with van der Waals surface area (Å²) in [4.78, 5) is 12.6. The molecule has 0 radical (unpaired) electrons. The third-order valence-corrected chi connectivity index (χ3v) is 4.85. The van der Waals surface area contributed by atoms with Gasteiger partial charge in [0.25, 0.3) is 0 Å². The highest BCUT2D eigenvalue weighted by Gasteiger charge is 2.19. The third-order valence-electron chi connectivity index (χ3n) is 4.85. The van der Waals surface area contributed by atoms with Crippen molar-refractivity contribution in [2.24, 2.45) is 5.92 Å². The fraction of sp³-hybridized carbons (Fsp3) is 0.524. The first kappa shape index (κ1) is 19.3. The molecule has 1 aromatic heterocycles. The average Bonchev–Trinajstić information content (AvgIpc) is 2.88. The maximum absolute atomic E-state index is 12.6. The molecule has 0 spiro atoms. The van der Waals surface area contributed by atoms with Gasteiger partial charge < -0.3 is 14.8 Å². The Labute approximate surface area is 160 Å². The Kier molecular flexibility index (Phi) is 5.73. The number of nitrogens with zero attached hydrogens (tertiary/aromatic N) is 2. The number of amides is 1. The Bertz CT molecular complexity index is 826. The van der Waals surface area contributed by atoms with Crippen molar-refractivity contribution in [3.05, 3.63) is 40.7 Å². The van der Waals surface area contributed by atoms with Crippen molar-refractivity contribution in [2.45, 2.75) is 53.6 Å². The Hall–Kier alpha value is -2.50. The third kappa shape index (κ3) is 4.43. The van der Waals surface area contributed by atoms with E-state index in [1.54, 1.807) is 0 Å². The molecule has 6 heteroatoms. The van der Waals surface area contributed by atoms with Crippen molar-refractivity contribution < 1.29 is 14.3 Å². The van der Waals surface area contributed by atoms with Crippen LogP contribution < -0.4 is 14.8 Å². The van der Waals surface area contributed by atoms with Crippen LogP contribution in [0.4, 0.5) is 0 Å². The fourth-order valence-electron chi connectivity index (χ4n) is 3.38. The van der Waals surface area contributed by atoms with Crippen LogP contribution in [-0.2, 0) is 17.8 Å². The number of hydrogen-bond acceptors (Lipinski definition) is 4. The summed E-state index contributed by atoms with van der Waals surface area (Å²) in [7, 11) is 0. The van der Waals surface area contributed by atoms with Crippen molar-refractivity contribution in [3.8, 4) is 11.5 Å². The quantitative estimate of drug-likeness (QED) is 0.846. The van der Waals surface area contributed by atoms with E-state index in [1.165, 1.54) is 0 Å². The molecule has 1 aliphatic heterocycles. The normalized spacial score (nSPS) is 14.3. The number of carbonyl (C=O) groups is 1. The summed E-state index contributed by atoms with van der Waals surface area (Å²) in [5.41, 5.74) is 4.01. The van der Waals surface area contributed by atoms with Gasteiger partial charge in [0.15, 0.2) is 11.5 Å². The van der Waals surface area contributed by atoms with Crippen molar-refractivity contribution in [2.75, 3.05) is 13.2 Å². The molecule has 0 fully saturated rings. The van der Waals surface area contributed by atoms with Crippen molar-refractivity contribution in [1.82, 2.24) is 15.1 Å². The smallest absolute Gasteiger partial charge is 0.225 e. The minimum Gasteiger partial charge on any atom is -0.486 e. The van der Waals surface area contributed by atoms with Gasteiger partial charge in [-0.3, -0.25) is 9.48 Å². The van der Waals surface area contributed by atoms with Gasteiger partial charge in [0, 0.05) is 17.8 Å². The van der Waals surface area contributed by atoms with Crippen LogP contribution in [0.5, 0.6) is 11.5 Å². The molecule has 0 saturated heterocycles. The van der Waals surface area contributed by atoms with E-state index in [2.05, 4.69) is 24.3 Å². The van der Waals surface area contributed by atoms with E-state index in [-0.39, 0.29) is 11.9 Å². The van der Waals surface area contributed by atoms with Crippen molar-refractivity contribution in [3.63, 3.8) is 0 Å². The molecule has 146 valence electrons. The zero-order valence-corrected chi connectivity index (χ0v) is 16.8. The van der Waals surface area contributed by atoms with Gasteiger partial charge in [0.2, 0.25) is 5.91 Å². The maximum Gasteiger partial charge on any atom is 0.225 e. The number of hydrogen-bond donors (Lipinski definition) is 1. The number of aryl methyl sites for hydroxylation is 1. The standard InChI is InChI=1S/C21H29N3O3/c1-13(2)12-24-16(5)18(15(4)23-24)11-21(25)22-14(3)17-6-7-19-20(10-17)27-9-8-26-19/h6-7,10,13-14H,8-9,11-12H2,1-5H3,(H,22,25). The van der Waals surface area contributed by atoms with E-state index in [0.29, 0.717) is 25.6 Å². The lowest BCUT2D eigenvalue weighted by atomic mass is 10.1. The molecule has 0 saturated carbocycles. The number of nitrogens with one attached hydrogen (secondary N) is 1. The van der Waals surface area contributed by atoms with E-state index in [9.17, 15) is 4.79 Å². The number of benzene rings is 1. The molecule has 6 nitrogen and oxygen atoms in total. The van der Waals surface area contributed by atoms with Gasteiger partial charge in [-0.05, 0) is 44.4 Å². The van der Waals surface area contributed by atoms with Crippen LogP contribution in [0.2, 0.25) is 0 Å². The highest BCUT2D eigenvalue weighted by atomic mass is 16.6. The van der Waals surface area contributed by atoms with E-state index < -0.39 is 0 Å².